The molecule has 0 aliphatic carbocycles. The SMILES string of the molecule is CSc1nccc(COc2ccc(C(C)(C)c3ccc(OCCCOC(N)=O)cc3)cc2)n1. The van der Waals surface area contributed by atoms with Gasteiger partial charge in [0.05, 0.1) is 18.9 Å². The van der Waals surface area contributed by atoms with Crippen LogP contribution in [0.2, 0.25) is 0 Å². The molecular formula is C25H29N3O4S. The minimum absolute atomic E-state index is 0.188. The zero-order chi connectivity index (χ0) is 23.7. The van der Waals surface area contributed by atoms with E-state index in [1.165, 1.54) is 22.9 Å². The third-order valence-electron chi connectivity index (χ3n) is 5.21. The van der Waals surface area contributed by atoms with Crippen LogP contribution < -0.4 is 15.2 Å². The van der Waals surface area contributed by atoms with Crippen LogP contribution >= 0.6 is 11.8 Å². The van der Waals surface area contributed by atoms with Crippen LogP contribution in [0.3, 0.4) is 0 Å². The molecule has 2 N–H and O–H groups in total. The highest BCUT2D eigenvalue weighted by molar-refractivity contribution is 7.98. The average molecular weight is 468 g/mol. The lowest BCUT2D eigenvalue weighted by atomic mass is 9.78. The zero-order valence-electron chi connectivity index (χ0n) is 19.1. The quantitative estimate of drug-likeness (QED) is 0.242. The first-order chi connectivity index (χ1) is 15.9. The van der Waals surface area contributed by atoms with Crippen LogP contribution in [0.5, 0.6) is 11.5 Å². The number of hydrogen-bond acceptors (Lipinski definition) is 7. The van der Waals surface area contributed by atoms with E-state index in [0.717, 1.165) is 22.3 Å². The Morgan fingerprint density at radius 3 is 2.12 bits per heavy atom. The van der Waals surface area contributed by atoms with Crippen LogP contribution in [-0.2, 0) is 16.8 Å². The number of benzene rings is 2. The summed E-state index contributed by atoms with van der Waals surface area (Å²) < 4.78 is 16.3. The minimum atomic E-state index is -0.767. The Labute approximate surface area is 198 Å². The number of hydrogen-bond donors (Lipinski definition) is 1. The zero-order valence-corrected chi connectivity index (χ0v) is 19.9. The van der Waals surface area contributed by atoms with Gasteiger partial charge in [-0.25, -0.2) is 14.8 Å². The number of rotatable bonds is 11. The Bertz CT molecular complexity index is 1040. The van der Waals surface area contributed by atoms with Gasteiger partial charge in [-0.05, 0) is 47.7 Å². The normalized spacial score (nSPS) is 11.1. The van der Waals surface area contributed by atoms with Gasteiger partial charge in [-0.1, -0.05) is 49.9 Å². The molecule has 174 valence electrons. The summed E-state index contributed by atoms with van der Waals surface area (Å²) >= 11 is 1.51. The van der Waals surface area contributed by atoms with Crippen LogP contribution in [0.25, 0.3) is 0 Å². The van der Waals surface area contributed by atoms with Gasteiger partial charge < -0.3 is 19.9 Å². The van der Waals surface area contributed by atoms with Crippen molar-refractivity contribution < 1.29 is 19.0 Å². The predicted octanol–water partition coefficient (Wildman–Crippen LogP) is 4.97. The molecule has 0 aliphatic rings. The summed E-state index contributed by atoms with van der Waals surface area (Å²) in [5.74, 6) is 1.56. The van der Waals surface area contributed by atoms with Gasteiger partial charge in [0.2, 0.25) is 0 Å². The first-order valence-corrected chi connectivity index (χ1v) is 11.9. The maximum absolute atomic E-state index is 10.6. The van der Waals surface area contributed by atoms with Crippen molar-refractivity contribution in [2.75, 3.05) is 19.5 Å². The molecule has 1 heterocycles. The number of nitrogens with two attached hydrogens (primary N) is 1. The molecular weight excluding hydrogens is 438 g/mol. The Kier molecular flexibility index (Phi) is 8.54. The van der Waals surface area contributed by atoms with Crippen molar-refractivity contribution in [3.8, 4) is 11.5 Å². The van der Waals surface area contributed by atoms with E-state index in [0.29, 0.717) is 19.6 Å². The van der Waals surface area contributed by atoms with E-state index < -0.39 is 6.09 Å². The van der Waals surface area contributed by atoms with Gasteiger partial charge in [0.15, 0.2) is 5.16 Å². The minimum Gasteiger partial charge on any atom is -0.493 e. The van der Waals surface area contributed by atoms with Crippen molar-refractivity contribution in [1.29, 1.82) is 0 Å². The number of ether oxygens (including phenoxy) is 3. The predicted molar refractivity (Wildman–Crippen MR) is 129 cm³/mol. The van der Waals surface area contributed by atoms with Gasteiger partial charge >= 0.3 is 6.09 Å². The van der Waals surface area contributed by atoms with Crippen molar-refractivity contribution in [2.45, 2.75) is 37.4 Å². The van der Waals surface area contributed by atoms with Crippen LogP contribution in [0, 0.1) is 0 Å². The van der Waals surface area contributed by atoms with Crippen LogP contribution in [-0.4, -0.2) is 35.5 Å². The highest BCUT2D eigenvalue weighted by Crippen LogP contribution is 2.33. The lowest BCUT2D eigenvalue weighted by Crippen LogP contribution is -2.18. The first kappa shape index (κ1) is 24.4. The van der Waals surface area contributed by atoms with Crippen molar-refractivity contribution in [1.82, 2.24) is 9.97 Å². The number of nitrogens with zero attached hydrogens (tertiary/aromatic N) is 2. The molecule has 0 saturated carbocycles. The molecule has 0 radical (unpaired) electrons. The summed E-state index contributed by atoms with van der Waals surface area (Å²) in [6.07, 6.45) is 3.51. The Morgan fingerprint density at radius 2 is 1.55 bits per heavy atom. The summed E-state index contributed by atoms with van der Waals surface area (Å²) in [7, 11) is 0. The maximum Gasteiger partial charge on any atom is 0.404 e. The third kappa shape index (κ3) is 7.12. The largest absolute Gasteiger partial charge is 0.493 e. The highest BCUT2D eigenvalue weighted by Gasteiger charge is 2.23. The van der Waals surface area contributed by atoms with E-state index >= 15 is 0 Å². The Hall–Kier alpha value is -3.26. The van der Waals surface area contributed by atoms with Crippen molar-refractivity contribution in [3.63, 3.8) is 0 Å². The van der Waals surface area contributed by atoms with E-state index in [1.807, 2.05) is 36.6 Å². The lowest BCUT2D eigenvalue weighted by Gasteiger charge is -2.26. The second-order valence-corrected chi connectivity index (χ2v) is 8.64. The number of carbonyl (C=O) groups is 1. The van der Waals surface area contributed by atoms with Crippen LogP contribution in [0.15, 0.2) is 66.0 Å². The van der Waals surface area contributed by atoms with Gasteiger partial charge in [-0.2, -0.15) is 0 Å². The summed E-state index contributed by atoms with van der Waals surface area (Å²) in [4.78, 5) is 19.2. The maximum atomic E-state index is 10.6. The van der Waals surface area contributed by atoms with Crippen LogP contribution in [0.1, 0.15) is 37.1 Å². The molecule has 3 rings (SSSR count). The Morgan fingerprint density at radius 1 is 0.939 bits per heavy atom. The molecule has 2 aromatic carbocycles. The van der Waals surface area contributed by atoms with E-state index in [1.54, 1.807) is 6.20 Å². The van der Waals surface area contributed by atoms with E-state index in [4.69, 9.17) is 19.9 Å². The smallest absolute Gasteiger partial charge is 0.404 e. The molecule has 8 heteroatoms. The molecule has 0 aliphatic heterocycles. The fourth-order valence-corrected chi connectivity index (χ4v) is 3.61. The van der Waals surface area contributed by atoms with Crippen molar-refractivity contribution in [2.24, 2.45) is 5.73 Å². The van der Waals surface area contributed by atoms with Crippen molar-refractivity contribution >= 4 is 17.9 Å². The first-order valence-electron chi connectivity index (χ1n) is 10.6. The fraction of sp³-hybridized carbons (Fsp3) is 0.320. The second-order valence-electron chi connectivity index (χ2n) is 7.87. The molecule has 0 bridgehead atoms. The standard InChI is InChI=1S/C25H29N3O4S/c1-25(2,18-5-9-21(10-6-18)30-15-4-16-31-23(26)29)19-7-11-22(12-8-19)32-17-20-13-14-27-24(28-20)33-3/h5-14H,4,15-17H2,1-3H3,(H2,26,29). The van der Waals surface area contributed by atoms with Gasteiger partial charge in [-0.3, -0.25) is 0 Å². The number of thioether (sulfide) groups is 1. The molecule has 7 nitrogen and oxygen atoms in total. The Balaban J connectivity index is 1.56. The van der Waals surface area contributed by atoms with Crippen molar-refractivity contribution in [3.05, 3.63) is 77.6 Å². The molecule has 0 fully saturated rings. The average Bonchev–Trinajstić information content (AvgIpc) is 2.83. The summed E-state index contributed by atoms with van der Waals surface area (Å²) in [5.41, 5.74) is 7.95. The third-order valence-corrected chi connectivity index (χ3v) is 5.78. The molecule has 1 amide bonds. The van der Waals surface area contributed by atoms with E-state index in [9.17, 15) is 4.79 Å². The van der Waals surface area contributed by atoms with Gasteiger partial charge in [0, 0.05) is 18.0 Å². The highest BCUT2D eigenvalue weighted by atomic mass is 32.2. The summed E-state index contributed by atoms with van der Waals surface area (Å²) in [6.45, 7) is 5.47. The monoisotopic (exact) mass is 467 g/mol. The topological polar surface area (TPSA) is 96.6 Å². The molecule has 0 unspecified atom stereocenters. The van der Waals surface area contributed by atoms with E-state index in [2.05, 4.69) is 48.1 Å². The molecule has 0 spiro atoms. The number of primary amides is 1. The molecule has 0 atom stereocenters. The molecule has 0 saturated heterocycles. The summed E-state index contributed by atoms with van der Waals surface area (Å²) in [5, 5.41) is 0.738. The number of aromatic nitrogens is 2. The van der Waals surface area contributed by atoms with E-state index in [-0.39, 0.29) is 12.0 Å². The van der Waals surface area contributed by atoms with Crippen LogP contribution in [0.4, 0.5) is 4.79 Å². The van der Waals surface area contributed by atoms with Gasteiger partial charge in [0.1, 0.15) is 18.1 Å². The molecule has 1 aromatic heterocycles. The number of amides is 1. The summed E-state index contributed by atoms with van der Waals surface area (Å²) in [6, 6.07) is 18.0. The van der Waals surface area contributed by atoms with Gasteiger partial charge in [-0.15, -0.1) is 0 Å². The second kappa shape index (κ2) is 11.6. The molecule has 33 heavy (non-hydrogen) atoms. The lowest BCUT2D eigenvalue weighted by molar-refractivity contribution is 0.147. The van der Waals surface area contributed by atoms with Gasteiger partial charge in [0.25, 0.3) is 0 Å². The number of carbonyl (C=O) groups excluding carboxylic acids is 1. The fourth-order valence-electron chi connectivity index (χ4n) is 3.24. The molecule has 3 aromatic rings.